The maximum Gasteiger partial charge on any atom is 0.249 e. The van der Waals surface area contributed by atoms with Gasteiger partial charge in [-0.3, -0.25) is 4.79 Å². The van der Waals surface area contributed by atoms with Crippen molar-refractivity contribution in [2.75, 3.05) is 33.4 Å². The number of ether oxygens (including phenoxy) is 3. The Kier molecular flexibility index (Phi) is 8.78. The van der Waals surface area contributed by atoms with Crippen LogP contribution >= 0.6 is 0 Å². The third-order valence-electron chi connectivity index (χ3n) is 7.17. The van der Waals surface area contributed by atoms with E-state index in [1.165, 1.54) is 13.2 Å². The van der Waals surface area contributed by atoms with Gasteiger partial charge in [0, 0.05) is 29.8 Å². The minimum Gasteiger partial charge on any atom is -0.497 e. The van der Waals surface area contributed by atoms with E-state index in [2.05, 4.69) is 10.6 Å². The summed E-state index contributed by atoms with van der Waals surface area (Å²) in [5.41, 5.74) is 2.75. The van der Waals surface area contributed by atoms with E-state index < -0.39 is 29.2 Å². The summed E-state index contributed by atoms with van der Waals surface area (Å²) in [5.74, 6) is -3.37. The molecule has 5 rings (SSSR count). The molecule has 2 N–H and O–H groups in total. The number of amides is 1. The van der Waals surface area contributed by atoms with Crippen LogP contribution in [0.2, 0.25) is 0 Å². The lowest BCUT2D eigenvalue weighted by Gasteiger charge is -2.25. The van der Waals surface area contributed by atoms with Gasteiger partial charge < -0.3 is 24.8 Å². The Morgan fingerprint density at radius 1 is 0.927 bits per heavy atom. The highest BCUT2D eigenvalue weighted by Crippen LogP contribution is 2.43. The Labute approximate surface area is 235 Å². The predicted molar refractivity (Wildman–Crippen MR) is 145 cm³/mol. The quantitative estimate of drug-likeness (QED) is 0.228. The smallest absolute Gasteiger partial charge is 0.249 e. The molecular formula is C31H30F4N2O4. The first-order valence-electron chi connectivity index (χ1n) is 13.4. The van der Waals surface area contributed by atoms with Crippen LogP contribution in [0.4, 0.5) is 17.6 Å². The van der Waals surface area contributed by atoms with E-state index in [4.69, 9.17) is 14.2 Å². The van der Waals surface area contributed by atoms with Gasteiger partial charge >= 0.3 is 0 Å². The molecule has 41 heavy (non-hydrogen) atoms. The van der Waals surface area contributed by atoms with Crippen LogP contribution in [0.3, 0.4) is 0 Å². The lowest BCUT2D eigenvalue weighted by atomic mass is 9.93. The molecule has 1 aliphatic heterocycles. The summed E-state index contributed by atoms with van der Waals surface area (Å²) in [6.45, 7) is 0.928. The molecular weight excluding hydrogens is 540 g/mol. The van der Waals surface area contributed by atoms with Crippen LogP contribution in [0.15, 0.2) is 60.2 Å². The number of halogens is 4. The molecule has 2 aliphatic rings. The number of hydrogen-bond donors (Lipinski definition) is 2. The van der Waals surface area contributed by atoms with Gasteiger partial charge in [0.15, 0.2) is 17.4 Å². The van der Waals surface area contributed by atoms with Crippen molar-refractivity contribution in [1.82, 2.24) is 10.6 Å². The van der Waals surface area contributed by atoms with E-state index in [0.717, 1.165) is 24.0 Å². The van der Waals surface area contributed by atoms with Crippen LogP contribution in [-0.4, -0.2) is 39.3 Å². The summed E-state index contributed by atoms with van der Waals surface area (Å²) in [6, 6.07) is 12.3. The molecule has 1 saturated carbocycles. The number of carbonyl (C=O) groups excluding carboxylic acids is 1. The fraction of sp³-hybridized carbons (Fsp3) is 0.323. The zero-order valence-electron chi connectivity index (χ0n) is 22.4. The van der Waals surface area contributed by atoms with Gasteiger partial charge in [0.05, 0.1) is 13.2 Å². The summed E-state index contributed by atoms with van der Waals surface area (Å²) >= 11 is 0. The highest BCUT2D eigenvalue weighted by atomic mass is 19.1. The number of methoxy groups -OCH3 is 1. The summed E-state index contributed by atoms with van der Waals surface area (Å²) in [4.78, 5) is 13.5. The molecule has 216 valence electrons. The SMILES string of the molecule is COc1ccc(F)c(C(NC(=O)C2=C(c3ccc(OCCOc4c(F)cc(F)cc4F)cc3)CCNC2)C2CC2)c1. The van der Waals surface area contributed by atoms with Crippen LogP contribution in [-0.2, 0) is 4.79 Å². The van der Waals surface area contributed by atoms with Gasteiger partial charge in [-0.15, -0.1) is 0 Å². The third kappa shape index (κ3) is 6.82. The Morgan fingerprint density at radius 3 is 2.29 bits per heavy atom. The molecule has 1 atom stereocenters. The van der Waals surface area contributed by atoms with Gasteiger partial charge in [0.25, 0.3) is 0 Å². The normalized spacial score (nSPS) is 15.8. The van der Waals surface area contributed by atoms with Crippen molar-refractivity contribution in [3.63, 3.8) is 0 Å². The molecule has 0 spiro atoms. The lowest BCUT2D eigenvalue weighted by molar-refractivity contribution is -0.118. The molecule has 1 amide bonds. The number of nitrogens with one attached hydrogen (secondary N) is 2. The van der Waals surface area contributed by atoms with Crippen molar-refractivity contribution in [3.05, 3.63) is 94.6 Å². The maximum atomic E-state index is 14.8. The van der Waals surface area contributed by atoms with E-state index in [9.17, 15) is 22.4 Å². The van der Waals surface area contributed by atoms with Gasteiger partial charge in [-0.2, -0.15) is 0 Å². The second-order valence-corrected chi connectivity index (χ2v) is 9.98. The fourth-order valence-corrected chi connectivity index (χ4v) is 4.94. The number of rotatable bonds is 11. The largest absolute Gasteiger partial charge is 0.497 e. The van der Waals surface area contributed by atoms with Gasteiger partial charge in [-0.05, 0) is 73.2 Å². The minimum atomic E-state index is -1.13. The molecule has 1 fully saturated rings. The summed E-state index contributed by atoms with van der Waals surface area (Å²) in [6.07, 6.45) is 2.45. The number of benzene rings is 3. The lowest BCUT2D eigenvalue weighted by Crippen LogP contribution is -2.37. The van der Waals surface area contributed by atoms with Crippen molar-refractivity contribution in [2.45, 2.75) is 25.3 Å². The van der Waals surface area contributed by atoms with Gasteiger partial charge in [0.2, 0.25) is 5.91 Å². The third-order valence-corrected chi connectivity index (χ3v) is 7.17. The second-order valence-electron chi connectivity index (χ2n) is 9.98. The number of carbonyl (C=O) groups is 1. The fourth-order valence-electron chi connectivity index (χ4n) is 4.94. The summed E-state index contributed by atoms with van der Waals surface area (Å²) in [7, 11) is 1.52. The zero-order chi connectivity index (χ0) is 28.9. The average molecular weight is 571 g/mol. The Balaban J connectivity index is 1.25. The molecule has 1 heterocycles. The molecule has 1 aliphatic carbocycles. The van der Waals surface area contributed by atoms with Gasteiger partial charge in [-0.1, -0.05) is 12.1 Å². The molecule has 3 aromatic rings. The molecule has 0 bridgehead atoms. The van der Waals surface area contributed by atoms with Gasteiger partial charge in [-0.25, -0.2) is 17.6 Å². The first-order valence-corrected chi connectivity index (χ1v) is 13.4. The topological polar surface area (TPSA) is 68.8 Å². The zero-order valence-corrected chi connectivity index (χ0v) is 22.4. The van der Waals surface area contributed by atoms with Crippen molar-refractivity contribution in [3.8, 4) is 17.2 Å². The summed E-state index contributed by atoms with van der Waals surface area (Å²) in [5, 5.41) is 6.33. The van der Waals surface area contributed by atoms with Gasteiger partial charge in [0.1, 0.15) is 36.3 Å². The van der Waals surface area contributed by atoms with E-state index in [1.807, 2.05) is 12.1 Å². The van der Waals surface area contributed by atoms with E-state index in [1.54, 1.807) is 24.3 Å². The highest BCUT2D eigenvalue weighted by molar-refractivity contribution is 6.02. The van der Waals surface area contributed by atoms with Crippen LogP contribution in [0.25, 0.3) is 5.57 Å². The molecule has 0 saturated heterocycles. The van der Waals surface area contributed by atoms with Crippen molar-refractivity contribution >= 4 is 11.5 Å². The Bertz CT molecular complexity index is 1420. The monoisotopic (exact) mass is 570 g/mol. The van der Waals surface area contributed by atoms with Crippen LogP contribution in [0.5, 0.6) is 17.2 Å². The molecule has 3 aromatic carbocycles. The molecule has 6 nitrogen and oxygen atoms in total. The number of hydrogen-bond acceptors (Lipinski definition) is 5. The van der Waals surface area contributed by atoms with Crippen LogP contribution < -0.4 is 24.8 Å². The standard InChI is InChI=1S/C31H30F4N2O4/c1-39-22-8-9-26(33)24(16-22)29(19-2-3-19)37-31(38)25-17-36-11-10-23(25)18-4-6-21(7-5-18)40-12-13-41-30-27(34)14-20(32)15-28(30)35/h4-9,14-16,19,29,36H,2-3,10-13,17H2,1H3,(H,37,38). The van der Waals surface area contributed by atoms with Crippen molar-refractivity contribution < 1.29 is 36.6 Å². The average Bonchev–Trinajstić information content (AvgIpc) is 3.81. The first kappa shape index (κ1) is 28.5. The Hall–Kier alpha value is -4.05. The van der Waals surface area contributed by atoms with E-state index >= 15 is 0 Å². The second kappa shape index (κ2) is 12.6. The van der Waals surface area contributed by atoms with Crippen LogP contribution in [0.1, 0.15) is 36.4 Å². The highest BCUT2D eigenvalue weighted by Gasteiger charge is 2.36. The van der Waals surface area contributed by atoms with E-state index in [0.29, 0.717) is 54.3 Å². The Morgan fingerprint density at radius 2 is 1.61 bits per heavy atom. The molecule has 10 heteroatoms. The van der Waals surface area contributed by atoms with Crippen molar-refractivity contribution in [2.24, 2.45) is 5.92 Å². The molecule has 1 unspecified atom stereocenters. The predicted octanol–water partition coefficient (Wildman–Crippen LogP) is 5.72. The maximum absolute atomic E-state index is 14.8. The van der Waals surface area contributed by atoms with E-state index in [-0.39, 0.29) is 30.9 Å². The minimum absolute atomic E-state index is 0.000732. The first-order chi connectivity index (χ1) is 19.8. The summed E-state index contributed by atoms with van der Waals surface area (Å²) < 4.78 is 71.2. The molecule has 0 aromatic heterocycles. The molecule has 0 radical (unpaired) electrons. The van der Waals surface area contributed by atoms with Crippen LogP contribution in [0, 0.1) is 29.2 Å². The van der Waals surface area contributed by atoms with Crippen molar-refractivity contribution in [1.29, 1.82) is 0 Å².